The number of nitriles is 1. The van der Waals surface area contributed by atoms with E-state index in [0.717, 1.165) is 0 Å². The summed E-state index contributed by atoms with van der Waals surface area (Å²) in [5.74, 6) is -2.97. The first kappa shape index (κ1) is 31.3. The minimum atomic E-state index is -1.21. The molecule has 0 saturated carbocycles. The van der Waals surface area contributed by atoms with Crippen molar-refractivity contribution in [2.24, 2.45) is 5.73 Å². The Morgan fingerprint density at radius 2 is 2.02 bits per heavy atom. The van der Waals surface area contributed by atoms with Crippen LogP contribution in [0.3, 0.4) is 0 Å². The van der Waals surface area contributed by atoms with Crippen LogP contribution in [0, 0.1) is 29.9 Å². The summed E-state index contributed by atoms with van der Waals surface area (Å²) in [7, 11) is 0. The fourth-order valence-corrected chi connectivity index (χ4v) is 4.95. The molecule has 0 radical (unpaired) electrons. The van der Waals surface area contributed by atoms with E-state index in [-0.39, 0.29) is 41.9 Å². The molecule has 2 aromatic heterocycles. The summed E-state index contributed by atoms with van der Waals surface area (Å²) < 4.78 is 36.0. The van der Waals surface area contributed by atoms with Crippen molar-refractivity contribution in [3.05, 3.63) is 71.7 Å². The summed E-state index contributed by atoms with van der Waals surface area (Å²) in [6.07, 6.45) is 4.22. The molecule has 5 rings (SSSR count). The number of hydrogen-bond acceptors (Lipinski definition) is 10. The second-order valence-corrected chi connectivity index (χ2v) is 10.5. The van der Waals surface area contributed by atoms with Crippen LogP contribution in [-0.4, -0.2) is 75.7 Å². The first-order valence-corrected chi connectivity index (χ1v) is 14.1. The van der Waals surface area contributed by atoms with Crippen molar-refractivity contribution in [2.45, 2.75) is 31.5 Å². The minimum absolute atomic E-state index is 0.0552. The highest BCUT2D eigenvalue weighted by Gasteiger charge is 2.28. The standard InChI is InChI=1S/C30H31F2N9O4/c1-16-10-18(2-3-20(16)29(43)38-12-17(34)13-39-30(44)22-11-19(42)14-36-22)40-27-28-37-15-23(41(28)8-7-35-27)21-4-5-24(45-9-6-33)26(32)25(21)31/h2-5,7-8,10,15,17,19,22,36,42H,9,11-14,34H2,1H3,(H,35,40)(H,38,43)(H,39,44)/t17-,19?,22?/m1/s1. The highest BCUT2D eigenvalue weighted by atomic mass is 19.2. The number of anilines is 2. The maximum Gasteiger partial charge on any atom is 0.251 e. The number of halogens is 2. The number of aryl methyl sites for hydroxylation is 1. The van der Waals surface area contributed by atoms with Crippen molar-refractivity contribution in [1.29, 1.82) is 5.26 Å². The lowest BCUT2D eigenvalue weighted by Crippen LogP contribution is -2.48. The maximum absolute atomic E-state index is 14.9. The number of benzene rings is 2. The Hall–Kier alpha value is -5.17. The van der Waals surface area contributed by atoms with Crippen molar-refractivity contribution < 1.29 is 28.2 Å². The molecule has 2 unspecified atom stereocenters. The fraction of sp³-hybridized carbons (Fsp3) is 0.300. The smallest absolute Gasteiger partial charge is 0.251 e. The second-order valence-electron chi connectivity index (χ2n) is 10.5. The molecule has 45 heavy (non-hydrogen) atoms. The van der Waals surface area contributed by atoms with Gasteiger partial charge >= 0.3 is 0 Å². The fourth-order valence-electron chi connectivity index (χ4n) is 4.95. The Kier molecular flexibility index (Phi) is 9.48. The molecule has 7 N–H and O–H groups in total. The van der Waals surface area contributed by atoms with Crippen LogP contribution in [0.2, 0.25) is 0 Å². The topological polar surface area (TPSA) is 192 Å². The molecule has 0 aliphatic carbocycles. The van der Waals surface area contributed by atoms with E-state index < -0.39 is 36.4 Å². The zero-order valence-electron chi connectivity index (χ0n) is 24.2. The zero-order valence-corrected chi connectivity index (χ0v) is 24.2. The molecule has 0 spiro atoms. The molecular weight excluding hydrogens is 588 g/mol. The summed E-state index contributed by atoms with van der Waals surface area (Å²) in [5.41, 5.74) is 8.33. The van der Waals surface area contributed by atoms with Gasteiger partial charge in [-0.05, 0) is 49.2 Å². The average molecular weight is 620 g/mol. The van der Waals surface area contributed by atoms with Gasteiger partial charge in [-0.1, -0.05) is 0 Å². The van der Waals surface area contributed by atoms with Crippen LogP contribution in [0.4, 0.5) is 20.3 Å². The molecule has 234 valence electrons. The highest BCUT2D eigenvalue weighted by molar-refractivity contribution is 5.96. The molecule has 3 heterocycles. The Balaban J connectivity index is 1.22. The number of imidazole rings is 1. The van der Waals surface area contributed by atoms with Gasteiger partial charge in [0.2, 0.25) is 11.7 Å². The van der Waals surface area contributed by atoms with Crippen molar-refractivity contribution in [3.8, 4) is 23.1 Å². The molecular formula is C30H31F2N9O4. The molecule has 1 fully saturated rings. The van der Waals surface area contributed by atoms with Crippen LogP contribution in [0.1, 0.15) is 22.3 Å². The lowest BCUT2D eigenvalue weighted by Gasteiger charge is -2.17. The van der Waals surface area contributed by atoms with Crippen LogP contribution in [0.25, 0.3) is 16.9 Å². The molecule has 1 aliphatic rings. The molecule has 0 bridgehead atoms. The zero-order chi connectivity index (χ0) is 32.1. The van der Waals surface area contributed by atoms with Gasteiger partial charge in [-0.2, -0.15) is 9.65 Å². The van der Waals surface area contributed by atoms with Gasteiger partial charge in [0.15, 0.2) is 29.6 Å². The van der Waals surface area contributed by atoms with Gasteiger partial charge in [0, 0.05) is 54.9 Å². The number of aliphatic hydroxyl groups excluding tert-OH is 1. The van der Waals surface area contributed by atoms with Gasteiger partial charge in [0.25, 0.3) is 5.91 Å². The number of nitrogens with one attached hydrogen (secondary N) is 4. The lowest BCUT2D eigenvalue weighted by molar-refractivity contribution is -0.123. The summed E-state index contributed by atoms with van der Waals surface area (Å²) in [6.45, 7) is 2.01. The molecule has 4 aromatic rings. The van der Waals surface area contributed by atoms with Crippen molar-refractivity contribution in [3.63, 3.8) is 0 Å². The van der Waals surface area contributed by atoms with Gasteiger partial charge in [0.05, 0.1) is 24.0 Å². The number of carbonyl (C=O) groups is 2. The van der Waals surface area contributed by atoms with Crippen LogP contribution in [0.15, 0.2) is 48.9 Å². The van der Waals surface area contributed by atoms with Gasteiger partial charge in [0.1, 0.15) is 6.07 Å². The molecule has 1 aliphatic heterocycles. The number of fused-ring (bicyclic) bond motifs is 1. The normalized spacial score (nSPS) is 16.6. The first-order chi connectivity index (χ1) is 21.7. The van der Waals surface area contributed by atoms with Crippen LogP contribution < -0.4 is 31.7 Å². The number of amides is 2. The van der Waals surface area contributed by atoms with Gasteiger partial charge in [-0.25, -0.2) is 14.4 Å². The Bertz CT molecular complexity index is 1770. The minimum Gasteiger partial charge on any atom is -0.476 e. The third kappa shape index (κ3) is 6.99. The van der Waals surface area contributed by atoms with E-state index in [2.05, 4.69) is 31.2 Å². The molecule has 2 aromatic carbocycles. The van der Waals surface area contributed by atoms with Gasteiger partial charge in [-0.3, -0.25) is 14.0 Å². The van der Waals surface area contributed by atoms with E-state index in [0.29, 0.717) is 41.2 Å². The van der Waals surface area contributed by atoms with Crippen molar-refractivity contribution in [1.82, 2.24) is 30.3 Å². The monoisotopic (exact) mass is 619 g/mol. The number of hydrogen-bond donors (Lipinski definition) is 6. The summed E-state index contributed by atoms with van der Waals surface area (Å²) >= 11 is 0. The number of β-amino-alcohol motifs (C(OH)–C–C–N with tert-alkyl or cyclic N) is 1. The molecule has 13 nitrogen and oxygen atoms in total. The van der Waals surface area contributed by atoms with E-state index in [1.165, 1.54) is 24.5 Å². The average Bonchev–Trinajstić information content (AvgIpc) is 3.66. The lowest BCUT2D eigenvalue weighted by atomic mass is 10.1. The number of aliphatic hydroxyl groups is 1. The Morgan fingerprint density at radius 1 is 1.22 bits per heavy atom. The second kappa shape index (κ2) is 13.6. The summed E-state index contributed by atoms with van der Waals surface area (Å²) in [5, 5.41) is 29.8. The number of ether oxygens (including phenoxy) is 1. The third-order valence-electron chi connectivity index (χ3n) is 7.26. The number of nitrogens with zero attached hydrogens (tertiary/aromatic N) is 4. The Labute approximate surface area is 256 Å². The largest absolute Gasteiger partial charge is 0.476 e. The van der Waals surface area contributed by atoms with Gasteiger partial charge < -0.3 is 36.8 Å². The highest BCUT2D eigenvalue weighted by Crippen LogP contribution is 2.32. The first-order valence-electron chi connectivity index (χ1n) is 14.1. The SMILES string of the molecule is Cc1cc(Nc2nccn3c(-c4ccc(OCC#N)c(F)c4F)cnc23)ccc1C(=O)NC[C@@H](N)CNC(=O)C1CC(O)CN1. The number of nitrogens with two attached hydrogens (primary N) is 1. The number of rotatable bonds is 11. The van der Waals surface area contributed by atoms with E-state index in [4.69, 9.17) is 15.7 Å². The van der Waals surface area contributed by atoms with E-state index in [9.17, 15) is 23.5 Å². The van der Waals surface area contributed by atoms with E-state index >= 15 is 0 Å². The van der Waals surface area contributed by atoms with Gasteiger partial charge in [-0.15, -0.1) is 0 Å². The molecule has 15 heteroatoms. The van der Waals surface area contributed by atoms with Crippen LogP contribution in [-0.2, 0) is 4.79 Å². The molecule has 1 saturated heterocycles. The quantitative estimate of drug-likeness (QED) is 0.143. The van der Waals surface area contributed by atoms with Crippen molar-refractivity contribution >= 4 is 29.0 Å². The molecule has 2 amide bonds. The van der Waals surface area contributed by atoms with E-state index in [1.807, 2.05) is 0 Å². The van der Waals surface area contributed by atoms with Crippen molar-refractivity contribution in [2.75, 3.05) is 31.6 Å². The number of carbonyl (C=O) groups excluding carboxylic acids is 2. The van der Waals surface area contributed by atoms with Crippen LogP contribution in [0.5, 0.6) is 5.75 Å². The summed E-state index contributed by atoms with van der Waals surface area (Å²) in [6, 6.07) is 8.41. The summed E-state index contributed by atoms with van der Waals surface area (Å²) in [4.78, 5) is 33.7. The van der Waals surface area contributed by atoms with E-state index in [1.54, 1.807) is 41.8 Å². The number of aromatic nitrogens is 3. The Morgan fingerprint density at radius 3 is 2.76 bits per heavy atom. The molecule has 3 atom stereocenters. The third-order valence-corrected chi connectivity index (χ3v) is 7.26. The maximum atomic E-state index is 14.9. The van der Waals surface area contributed by atoms with Crippen LogP contribution >= 0.6 is 0 Å². The predicted molar refractivity (Wildman–Crippen MR) is 160 cm³/mol. The predicted octanol–water partition coefficient (Wildman–Crippen LogP) is 1.52.